The first-order chi connectivity index (χ1) is 18.0. The van der Waals surface area contributed by atoms with Gasteiger partial charge in [0, 0.05) is 29.6 Å². The highest BCUT2D eigenvalue weighted by atomic mass is 16.6. The van der Waals surface area contributed by atoms with Crippen LogP contribution in [0.3, 0.4) is 0 Å². The van der Waals surface area contributed by atoms with Crippen molar-refractivity contribution in [1.82, 2.24) is 4.57 Å². The van der Waals surface area contributed by atoms with Crippen LogP contribution in [0.15, 0.2) is 63.6 Å². The Morgan fingerprint density at radius 3 is 2.18 bits per heavy atom. The van der Waals surface area contributed by atoms with Crippen LogP contribution in [0.5, 0.6) is 0 Å². The van der Waals surface area contributed by atoms with Gasteiger partial charge in [-0.3, -0.25) is 0 Å². The molecule has 1 aromatic carbocycles. The molecule has 198 valence electrons. The van der Waals surface area contributed by atoms with Gasteiger partial charge in [0.05, 0.1) is 25.4 Å². The molecule has 0 atom stereocenters. The van der Waals surface area contributed by atoms with E-state index in [0.717, 1.165) is 10.1 Å². The molecule has 1 aromatic heterocycles. The summed E-state index contributed by atoms with van der Waals surface area (Å²) in [6, 6.07) is 8.49. The van der Waals surface area contributed by atoms with Crippen LogP contribution in [0, 0.1) is 28.4 Å². The predicted octanol–water partition coefficient (Wildman–Crippen LogP) is 4.52. The molecule has 1 heterocycles. The zero-order chi connectivity index (χ0) is 28.4. The molecule has 0 aliphatic carbocycles. The number of carbonyl (C=O) groups is 2. The third-order valence-corrected chi connectivity index (χ3v) is 5.22. The Balaban J connectivity index is 2.31. The van der Waals surface area contributed by atoms with Gasteiger partial charge in [0.25, 0.3) is 0 Å². The number of nitro groups is 1. The van der Waals surface area contributed by atoms with E-state index in [4.69, 9.17) is 9.47 Å². The number of rotatable bonds is 12. The molecule has 0 fully saturated rings. The predicted molar refractivity (Wildman–Crippen MR) is 137 cm³/mol. The summed E-state index contributed by atoms with van der Waals surface area (Å²) < 4.78 is 10.9. The van der Waals surface area contributed by atoms with Crippen molar-refractivity contribution in [2.24, 2.45) is 10.2 Å². The molecule has 0 saturated heterocycles. The highest BCUT2D eigenvalue weighted by molar-refractivity contribution is 5.87. The summed E-state index contributed by atoms with van der Waals surface area (Å²) in [5, 5.41) is 29.5. The number of aromatic nitrogens is 1. The molecule has 0 radical (unpaired) electrons. The maximum absolute atomic E-state index is 12.8. The zero-order valence-corrected chi connectivity index (χ0v) is 21.4. The van der Waals surface area contributed by atoms with E-state index in [1.165, 1.54) is 13.8 Å². The van der Waals surface area contributed by atoms with Crippen molar-refractivity contribution in [2.45, 2.75) is 40.2 Å². The van der Waals surface area contributed by atoms with Crippen LogP contribution in [0.2, 0.25) is 0 Å². The van der Waals surface area contributed by atoms with E-state index in [0.29, 0.717) is 17.7 Å². The normalized spacial score (nSPS) is 10.6. The van der Waals surface area contributed by atoms with Crippen molar-refractivity contribution in [3.8, 4) is 6.07 Å². The first-order valence-electron chi connectivity index (χ1n) is 11.5. The van der Waals surface area contributed by atoms with Gasteiger partial charge in [-0.25, -0.2) is 14.4 Å². The SMILES string of the molecule is C=C(C)C(=O)OCCCn1c([N+](=O)[O-])c(/N=N/c2ccc(CCOC(=O)C(=C)C)cc2)c(C)c(C#N)c1=O. The first kappa shape index (κ1) is 29.3. The van der Waals surface area contributed by atoms with E-state index in [1.807, 2.05) is 0 Å². The fraction of sp³-hybridized carbons (Fsp3) is 0.308. The summed E-state index contributed by atoms with van der Waals surface area (Å²) in [6.45, 7) is 11.3. The minimum Gasteiger partial charge on any atom is -0.462 e. The topological polar surface area (TPSA) is 166 Å². The molecule has 0 N–H and O–H groups in total. The van der Waals surface area contributed by atoms with Crippen LogP contribution in [0.25, 0.3) is 0 Å². The second-order valence-electron chi connectivity index (χ2n) is 8.30. The lowest BCUT2D eigenvalue weighted by Crippen LogP contribution is -2.27. The number of azo groups is 1. The number of nitrogens with zero attached hydrogens (tertiary/aromatic N) is 5. The molecule has 38 heavy (non-hydrogen) atoms. The second-order valence-corrected chi connectivity index (χ2v) is 8.30. The van der Waals surface area contributed by atoms with Gasteiger partial charge in [0.1, 0.15) is 11.6 Å². The minimum absolute atomic E-state index is 0.0221. The molecule has 0 aliphatic rings. The monoisotopic (exact) mass is 521 g/mol. The second kappa shape index (κ2) is 13.4. The highest BCUT2D eigenvalue weighted by Crippen LogP contribution is 2.33. The lowest BCUT2D eigenvalue weighted by Gasteiger charge is -2.11. The fourth-order valence-electron chi connectivity index (χ4n) is 3.18. The molecule has 0 unspecified atom stereocenters. The number of hydrogen-bond donors (Lipinski definition) is 0. The van der Waals surface area contributed by atoms with Crippen molar-refractivity contribution < 1.29 is 24.0 Å². The molecule has 2 rings (SSSR count). The summed E-state index contributed by atoms with van der Waals surface area (Å²) in [4.78, 5) is 47.0. The molecule has 0 amide bonds. The third kappa shape index (κ3) is 7.54. The lowest BCUT2D eigenvalue weighted by molar-refractivity contribution is -0.392. The summed E-state index contributed by atoms with van der Waals surface area (Å²) in [5.74, 6) is -1.72. The Bertz CT molecular complexity index is 1400. The lowest BCUT2D eigenvalue weighted by atomic mass is 10.1. The number of esters is 2. The number of ether oxygens (including phenoxy) is 2. The Hall–Kier alpha value is -4.92. The molecule has 12 nitrogen and oxygen atoms in total. The largest absolute Gasteiger partial charge is 0.462 e. The Morgan fingerprint density at radius 2 is 1.66 bits per heavy atom. The van der Waals surface area contributed by atoms with Crippen molar-refractivity contribution in [3.63, 3.8) is 0 Å². The van der Waals surface area contributed by atoms with E-state index < -0.39 is 28.2 Å². The molecular formula is C26H27N5O7. The van der Waals surface area contributed by atoms with Gasteiger partial charge in [-0.15, -0.1) is 5.11 Å². The number of pyridine rings is 1. The minimum atomic E-state index is -0.849. The van der Waals surface area contributed by atoms with E-state index >= 15 is 0 Å². The number of hydrogen-bond acceptors (Lipinski definition) is 10. The van der Waals surface area contributed by atoms with Gasteiger partial charge in [0.15, 0.2) is 5.69 Å². The quantitative estimate of drug-likeness (QED) is 0.0981. The molecule has 0 spiro atoms. The number of carbonyl (C=O) groups excluding carboxylic acids is 2. The molecular weight excluding hydrogens is 494 g/mol. The van der Waals surface area contributed by atoms with E-state index in [2.05, 4.69) is 23.4 Å². The van der Waals surface area contributed by atoms with Crippen LogP contribution in [0.4, 0.5) is 17.2 Å². The van der Waals surface area contributed by atoms with Gasteiger partial charge in [-0.1, -0.05) is 25.3 Å². The van der Waals surface area contributed by atoms with E-state index in [1.54, 1.807) is 37.3 Å². The Labute approximate surface area is 218 Å². The standard InChI is InChI=1S/C26H27N5O7/c1-16(2)25(33)37-13-6-12-30-23(31(35)36)22(18(5)21(15-27)24(30)32)29-28-20-9-7-19(8-10-20)11-14-38-26(34)17(3)4/h7-10H,1,3,6,11-14H2,2,4-5H3/b29-28+. The molecule has 0 saturated carbocycles. The van der Waals surface area contributed by atoms with Crippen molar-refractivity contribution in [2.75, 3.05) is 13.2 Å². The summed E-state index contributed by atoms with van der Waals surface area (Å²) in [7, 11) is 0. The maximum atomic E-state index is 12.8. The van der Waals surface area contributed by atoms with Crippen LogP contribution >= 0.6 is 0 Å². The molecule has 2 aromatic rings. The molecule has 12 heteroatoms. The van der Waals surface area contributed by atoms with Gasteiger partial charge in [-0.05, 0) is 43.4 Å². The molecule has 0 aliphatic heterocycles. The van der Waals surface area contributed by atoms with Crippen molar-refractivity contribution in [3.05, 3.63) is 85.7 Å². The Morgan fingerprint density at radius 1 is 1.08 bits per heavy atom. The number of nitriles is 1. The van der Waals surface area contributed by atoms with Crippen molar-refractivity contribution in [1.29, 1.82) is 5.26 Å². The highest BCUT2D eigenvalue weighted by Gasteiger charge is 2.28. The van der Waals surface area contributed by atoms with Crippen LogP contribution < -0.4 is 5.56 Å². The Kier molecular flexibility index (Phi) is 10.3. The fourth-order valence-corrected chi connectivity index (χ4v) is 3.18. The first-order valence-corrected chi connectivity index (χ1v) is 11.5. The average Bonchev–Trinajstić information content (AvgIpc) is 2.87. The maximum Gasteiger partial charge on any atom is 0.354 e. The van der Waals surface area contributed by atoms with Gasteiger partial charge >= 0.3 is 23.3 Å². The van der Waals surface area contributed by atoms with Gasteiger partial charge in [-0.2, -0.15) is 14.9 Å². The van der Waals surface area contributed by atoms with E-state index in [-0.39, 0.29) is 48.6 Å². The van der Waals surface area contributed by atoms with E-state index in [9.17, 15) is 29.8 Å². The van der Waals surface area contributed by atoms with Gasteiger partial charge in [0.2, 0.25) is 0 Å². The number of benzene rings is 1. The summed E-state index contributed by atoms with van der Waals surface area (Å²) in [6.07, 6.45) is 0.534. The molecule has 0 bridgehead atoms. The van der Waals surface area contributed by atoms with Gasteiger partial charge < -0.3 is 19.6 Å². The summed E-state index contributed by atoms with van der Waals surface area (Å²) in [5.41, 5.74) is 0.355. The smallest absolute Gasteiger partial charge is 0.354 e. The summed E-state index contributed by atoms with van der Waals surface area (Å²) >= 11 is 0. The van der Waals surface area contributed by atoms with Crippen LogP contribution in [-0.2, 0) is 32.0 Å². The van der Waals surface area contributed by atoms with Crippen LogP contribution in [0.1, 0.15) is 37.0 Å². The third-order valence-electron chi connectivity index (χ3n) is 5.22. The van der Waals surface area contributed by atoms with Crippen molar-refractivity contribution >= 4 is 29.1 Å². The zero-order valence-electron chi connectivity index (χ0n) is 21.4. The average molecular weight is 522 g/mol. The van der Waals surface area contributed by atoms with Crippen LogP contribution in [-0.4, -0.2) is 34.6 Å².